The normalized spacial score (nSPS) is 19.9. The van der Waals surface area contributed by atoms with E-state index in [1.807, 2.05) is 4.90 Å². The Morgan fingerprint density at radius 3 is 2.95 bits per heavy atom. The largest absolute Gasteiger partial charge is 0.481 e. The van der Waals surface area contributed by atoms with Crippen LogP contribution in [0.2, 0.25) is 0 Å². The molecule has 1 unspecified atom stereocenters. The van der Waals surface area contributed by atoms with Gasteiger partial charge in [0.2, 0.25) is 0 Å². The van der Waals surface area contributed by atoms with Gasteiger partial charge in [-0.3, -0.25) is 4.79 Å². The van der Waals surface area contributed by atoms with Gasteiger partial charge in [-0.1, -0.05) is 0 Å². The second-order valence-electron chi connectivity index (χ2n) is 5.15. The predicted octanol–water partition coefficient (Wildman–Crippen LogP) is 1.18. The highest BCUT2D eigenvalue weighted by Crippen LogP contribution is 2.28. The van der Waals surface area contributed by atoms with E-state index in [1.165, 1.54) is 0 Å². The average molecular weight is 298 g/mol. The van der Waals surface area contributed by atoms with Crippen molar-refractivity contribution in [2.75, 3.05) is 24.2 Å². The molecule has 110 valence electrons. The van der Waals surface area contributed by atoms with Gasteiger partial charge in [-0.25, -0.2) is 13.4 Å². The molecular formula is C13H18N2O4S. The minimum atomic E-state index is -3.34. The number of nitrogens with zero attached hydrogens (tertiary/aromatic N) is 2. The maximum absolute atomic E-state index is 11.8. The molecule has 1 atom stereocenters. The number of pyridine rings is 1. The fourth-order valence-electron chi connectivity index (χ4n) is 2.58. The van der Waals surface area contributed by atoms with Crippen LogP contribution in [-0.4, -0.2) is 43.8 Å². The van der Waals surface area contributed by atoms with Gasteiger partial charge in [0.25, 0.3) is 0 Å². The number of hydrogen-bond donors (Lipinski definition) is 1. The number of rotatable bonds is 4. The molecule has 0 spiro atoms. The first-order chi connectivity index (χ1) is 9.38. The number of aliphatic carboxylic acids is 1. The molecule has 1 N–H and O–H groups in total. The molecule has 1 aromatic rings. The van der Waals surface area contributed by atoms with Crippen LogP contribution in [0.5, 0.6) is 0 Å². The van der Waals surface area contributed by atoms with Crippen molar-refractivity contribution in [3.05, 3.63) is 18.3 Å². The van der Waals surface area contributed by atoms with E-state index in [0.29, 0.717) is 18.9 Å². The molecule has 2 rings (SSSR count). The molecule has 0 radical (unpaired) electrons. The van der Waals surface area contributed by atoms with Crippen molar-refractivity contribution in [2.24, 2.45) is 5.92 Å². The third-order valence-electron chi connectivity index (χ3n) is 3.43. The lowest BCUT2D eigenvalue weighted by atomic mass is 9.95. The van der Waals surface area contributed by atoms with Gasteiger partial charge in [0.1, 0.15) is 10.7 Å². The summed E-state index contributed by atoms with van der Waals surface area (Å²) in [5, 5.41) is 8.88. The predicted molar refractivity (Wildman–Crippen MR) is 74.5 cm³/mol. The highest BCUT2D eigenvalue weighted by Gasteiger charge is 2.26. The number of anilines is 1. The second kappa shape index (κ2) is 5.78. The Hall–Kier alpha value is -1.63. The number of carboxylic acids is 1. The van der Waals surface area contributed by atoms with Crippen molar-refractivity contribution in [2.45, 2.75) is 24.2 Å². The van der Waals surface area contributed by atoms with Crippen LogP contribution < -0.4 is 4.90 Å². The van der Waals surface area contributed by atoms with E-state index in [-0.39, 0.29) is 17.2 Å². The van der Waals surface area contributed by atoms with E-state index in [1.54, 1.807) is 18.3 Å². The smallest absolute Gasteiger partial charge is 0.303 e. The number of piperidine rings is 1. The first kappa shape index (κ1) is 14.8. The fraction of sp³-hybridized carbons (Fsp3) is 0.538. The SMILES string of the molecule is CS(=O)(=O)c1cccnc1N1CCCC(CC(=O)O)C1. The monoisotopic (exact) mass is 298 g/mol. The molecule has 7 heteroatoms. The zero-order valence-electron chi connectivity index (χ0n) is 11.3. The molecule has 1 aliphatic heterocycles. The Morgan fingerprint density at radius 1 is 1.55 bits per heavy atom. The summed E-state index contributed by atoms with van der Waals surface area (Å²) in [6.07, 6.45) is 4.52. The number of aromatic nitrogens is 1. The molecule has 0 aliphatic carbocycles. The molecule has 20 heavy (non-hydrogen) atoms. The van der Waals surface area contributed by atoms with Crippen LogP contribution >= 0.6 is 0 Å². The summed E-state index contributed by atoms with van der Waals surface area (Å²) >= 11 is 0. The van der Waals surface area contributed by atoms with Gasteiger partial charge >= 0.3 is 5.97 Å². The van der Waals surface area contributed by atoms with Gasteiger partial charge < -0.3 is 10.0 Å². The molecule has 2 heterocycles. The molecule has 1 aliphatic rings. The van der Waals surface area contributed by atoms with Crippen LogP contribution in [0, 0.1) is 5.92 Å². The van der Waals surface area contributed by atoms with Crippen LogP contribution in [-0.2, 0) is 14.6 Å². The first-order valence-corrected chi connectivity index (χ1v) is 8.39. The Morgan fingerprint density at radius 2 is 2.30 bits per heavy atom. The zero-order valence-corrected chi connectivity index (χ0v) is 12.1. The lowest BCUT2D eigenvalue weighted by Gasteiger charge is -2.33. The fourth-order valence-corrected chi connectivity index (χ4v) is 3.42. The van der Waals surface area contributed by atoms with Crippen molar-refractivity contribution < 1.29 is 18.3 Å². The van der Waals surface area contributed by atoms with Crippen molar-refractivity contribution in [3.63, 3.8) is 0 Å². The Labute approximate surface area is 118 Å². The van der Waals surface area contributed by atoms with Crippen molar-refractivity contribution in [1.82, 2.24) is 4.98 Å². The van der Waals surface area contributed by atoms with E-state index >= 15 is 0 Å². The van der Waals surface area contributed by atoms with Crippen molar-refractivity contribution >= 4 is 21.6 Å². The molecule has 1 saturated heterocycles. The van der Waals surface area contributed by atoms with Crippen LogP contribution in [0.15, 0.2) is 23.2 Å². The van der Waals surface area contributed by atoms with Gasteiger partial charge in [0.15, 0.2) is 9.84 Å². The summed E-state index contributed by atoms with van der Waals surface area (Å²) in [6.45, 7) is 1.24. The molecular weight excluding hydrogens is 280 g/mol. The van der Waals surface area contributed by atoms with Crippen molar-refractivity contribution in [1.29, 1.82) is 0 Å². The third-order valence-corrected chi connectivity index (χ3v) is 4.55. The van der Waals surface area contributed by atoms with E-state index in [4.69, 9.17) is 5.11 Å². The number of carboxylic acid groups (broad SMARTS) is 1. The van der Waals surface area contributed by atoms with Gasteiger partial charge in [0.05, 0.1) is 0 Å². The molecule has 6 nitrogen and oxygen atoms in total. The average Bonchev–Trinajstić information content (AvgIpc) is 2.37. The van der Waals surface area contributed by atoms with Crippen LogP contribution in [0.25, 0.3) is 0 Å². The number of hydrogen-bond acceptors (Lipinski definition) is 5. The molecule has 0 aromatic carbocycles. The lowest BCUT2D eigenvalue weighted by Crippen LogP contribution is -2.37. The minimum absolute atomic E-state index is 0.0377. The molecule has 0 amide bonds. The summed E-state index contributed by atoms with van der Waals surface area (Å²) < 4.78 is 23.6. The Balaban J connectivity index is 2.25. The van der Waals surface area contributed by atoms with E-state index < -0.39 is 15.8 Å². The Kier molecular flexibility index (Phi) is 4.27. The first-order valence-electron chi connectivity index (χ1n) is 6.49. The summed E-state index contributed by atoms with van der Waals surface area (Å²) in [7, 11) is -3.34. The highest BCUT2D eigenvalue weighted by molar-refractivity contribution is 7.90. The van der Waals surface area contributed by atoms with E-state index in [0.717, 1.165) is 19.1 Å². The van der Waals surface area contributed by atoms with Gasteiger partial charge in [-0.05, 0) is 30.9 Å². The third kappa shape index (κ3) is 3.47. The van der Waals surface area contributed by atoms with Gasteiger partial charge in [-0.2, -0.15) is 0 Å². The quantitative estimate of drug-likeness (QED) is 0.898. The van der Waals surface area contributed by atoms with Crippen LogP contribution in [0.3, 0.4) is 0 Å². The van der Waals surface area contributed by atoms with Crippen molar-refractivity contribution in [3.8, 4) is 0 Å². The molecule has 0 bridgehead atoms. The maximum atomic E-state index is 11.8. The standard InChI is InChI=1S/C13H18N2O4S/c1-20(18,19)11-5-2-6-14-13(11)15-7-3-4-10(9-15)8-12(16)17/h2,5-6,10H,3-4,7-9H2,1H3,(H,16,17). The molecule has 0 saturated carbocycles. The topological polar surface area (TPSA) is 87.6 Å². The summed E-state index contributed by atoms with van der Waals surface area (Å²) in [4.78, 5) is 17.1. The van der Waals surface area contributed by atoms with Crippen LogP contribution in [0.1, 0.15) is 19.3 Å². The number of sulfone groups is 1. The zero-order chi connectivity index (χ0) is 14.8. The van der Waals surface area contributed by atoms with E-state index in [2.05, 4.69) is 4.98 Å². The second-order valence-corrected chi connectivity index (χ2v) is 7.13. The lowest BCUT2D eigenvalue weighted by molar-refractivity contribution is -0.138. The summed E-state index contributed by atoms with van der Waals surface area (Å²) in [5.74, 6) is -0.345. The summed E-state index contributed by atoms with van der Waals surface area (Å²) in [6, 6.07) is 3.14. The number of carbonyl (C=O) groups is 1. The highest BCUT2D eigenvalue weighted by atomic mass is 32.2. The maximum Gasteiger partial charge on any atom is 0.303 e. The molecule has 1 fully saturated rings. The molecule has 1 aromatic heterocycles. The van der Waals surface area contributed by atoms with E-state index in [9.17, 15) is 13.2 Å². The van der Waals surface area contributed by atoms with Gasteiger partial charge in [0, 0.05) is 32.0 Å². The Bertz CT molecular complexity index is 600. The summed E-state index contributed by atoms with van der Waals surface area (Å²) in [5.41, 5.74) is 0. The minimum Gasteiger partial charge on any atom is -0.481 e. The van der Waals surface area contributed by atoms with Gasteiger partial charge in [-0.15, -0.1) is 0 Å². The van der Waals surface area contributed by atoms with Crippen LogP contribution in [0.4, 0.5) is 5.82 Å².